The summed E-state index contributed by atoms with van der Waals surface area (Å²) in [5, 5.41) is 15.7. The summed E-state index contributed by atoms with van der Waals surface area (Å²) in [4.78, 5) is 48.1. The smallest absolute Gasteiger partial charge is 0.416 e. The number of alkyl halides is 3. The highest BCUT2D eigenvalue weighted by Crippen LogP contribution is 2.38. The molecule has 44 heavy (non-hydrogen) atoms. The molecule has 1 atom stereocenters. The molecule has 1 fully saturated rings. The quantitative estimate of drug-likeness (QED) is 0.123. The number of imide groups is 1. The second kappa shape index (κ2) is 14.9. The topological polar surface area (TPSA) is 159 Å². The van der Waals surface area contributed by atoms with Crippen LogP contribution in [0.5, 0.6) is 5.75 Å². The number of nitrogens with one attached hydrogen (secondary N) is 2. The molecule has 16 heteroatoms. The van der Waals surface area contributed by atoms with Gasteiger partial charge in [0.2, 0.25) is 11.8 Å². The molecule has 1 unspecified atom stereocenters. The van der Waals surface area contributed by atoms with Crippen molar-refractivity contribution in [2.24, 2.45) is 0 Å². The number of fused-ring (bicyclic) bond motifs is 1. The number of halogens is 3. The van der Waals surface area contributed by atoms with E-state index >= 15 is 0 Å². The SMILES string of the molecule is O=C1CCC(N2Cc3c(NCCOCCOCCOCCOc4ccc([N+](=O)[O-])cc4)cc(C(F)(F)F)cc3C2=O)C(=O)N1. The van der Waals surface area contributed by atoms with E-state index < -0.39 is 40.4 Å². The Morgan fingerprint density at radius 2 is 1.59 bits per heavy atom. The Morgan fingerprint density at radius 1 is 0.955 bits per heavy atom. The normalized spacial score (nSPS) is 16.6. The monoisotopic (exact) mass is 624 g/mol. The minimum Gasteiger partial charge on any atom is -0.491 e. The van der Waals surface area contributed by atoms with Crippen molar-refractivity contribution in [1.82, 2.24) is 10.2 Å². The highest BCUT2D eigenvalue weighted by atomic mass is 19.4. The summed E-state index contributed by atoms with van der Waals surface area (Å²) in [6.07, 6.45) is -4.56. The Bertz CT molecular complexity index is 1360. The third-order valence-electron chi connectivity index (χ3n) is 6.83. The standard InChI is InChI=1S/C28H31F3N4O9/c29-28(30,31)18-15-21-22(17-34(27(21)38)24-5-6-25(36)33-26(24)37)23(16-18)32-7-8-41-9-10-42-11-12-43-13-14-44-20-3-1-19(2-4-20)35(39)40/h1-4,15-16,24,32H,5-14,17H2,(H,33,36,37). The number of non-ortho nitro benzene ring substituents is 1. The molecule has 2 N–H and O–H groups in total. The average Bonchev–Trinajstić information content (AvgIpc) is 3.31. The zero-order valence-corrected chi connectivity index (χ0v) is 23.5. The van der Waals surface area contributed by atoms with Crippen molar-refractivity contribution in [3.8, 4) is 5.75 Å². The van der Waals surface area contributed by atoms with Crippen LogP contribution < -0.4 is 15.4 Å². The lowest BCUT2D eigenvalue weighted by atomic mass is 10.0. The number of nitro benzene ring substituents is 1. The average molecular weight is 625 g/mol. The van der Waals surface area contributed by atoms with Crippen LogP contribution in [-0.2, 0) is 36.5 Å². The summed E-state index contributed by atoms with van der Waals surface area (Å²) < 4.78 is 62.4. The van der Waals surface area contributed by atoms with Gasteiger partial charge in [-0.25, -0.2) is 0 Å². The third kappa shape index (κ3) is 8.64. The summed E-state index contributed by atoms with van der Waals surface area (Å²) in [5.41, 5.74) is -0.697. The highest BCUT2D eigenvalue weighted by Gasteiger charge is 2.42. The van der Waals surface area contributed by atoms with E-state index in [2.05, 4.69) is 10.6 Å². The molecular formula is C28H31F3N4O9. The van der Waals surface area contributed by atoms with E-state index in [-0.39, 0.29) is 69.3 Å². The molecule has 13 nitrogen and oxygen atoms in total. The lowest BCUT2D eigenvalue weighted by Crippen LogP contribution is -2.52. The van der Waals surface area contributed by atoms with Gasteiger partial charge in [0.15, 0.2) is 0 Å². The maximum atomic E-state index is 13.6. The minimum atomic E-state index is -4.69. The van der Waals surface area contributed by atoms with E-state index in [1.807, 2.05) is 0 Å². The van der Waals surface area contributed by atoms with Gasteiger partial charge in [-0.1, -0.05) is 0 Å². The van der Waals surface area contributed by atoms with Gasteiger partial charge in [0.25, 0.3) is 11.6 Å². The predicted molar refractivity (Wildman–Crippen MR) is 147 cm³/mol. The van der Waals surface area contributed by atoms with E-state index in [9.17, 15) is 37.7 Å². The van der Waals surface area contributed by atoms with Crippen LogP contribution in [0.4, 0.5) is 24.5 Å². The zero-order valence-electron chi connectivity index (χ0n) is 23.5. The van der Waals surface area contributed by atoms with Gasteiger partial charge in [0.1, 0.15) is 18.4 Å². The van der Waals surface area contributed by atoms with Crippen molar-refractivity contribution in [3.05, 3.63) is 63.2 Å². The van der Waals surface area contributed by atoms with Crippen LogP contribution in [0.2, 0.25) is 0 Å². The van der Waals surface area contributed by atoms with Gasteiger partial charge < -0.3 is 29.2 Å². The van der Waals surface area contributed by atoms with Gasteiger partial charge in [0.05, 0.1) is 50.1 Å². The number of rotatable bonds is 16. The van der Waals surface area contributed by atoms with Crippen molar-refractivity contribution < 1.29 is 51.4 Å². The molecule has 0 spiro atoms. The number of nitro groups is 1. The van der Waals surface area contributed by atoms with E-state index in [4.69, 9.17) is 18.9 Å². The van der Waals surface area contributed by atoms with Crippen molar-refractivity contribution in [1.29, 1.82) is 0 Å². The Hall–Kier alpha value is -4.28. The van der Waals surface area contributed by atoms with Gasteiger partial charge in [-0.2, -0.15) is 13.2 Å². The molecule has 2 aromatic rings. The number of carbonyl (C=O) groups is 3. The fourth-order valence-corrected chi connectivity index (χ4v) is 4.66. The first-order valence-corrected chi connectivity index (χ1v) is 13.8. The Labute approximate surface area is 249 Å². The summed E-state index contributed by atoms with van der Waals surface area (Å²) in [6, 6.07) is 6.47. The maximum Gasteiger partial charge on any atom is 0.416 e. The lowest BCUT2D eigenvalue weighted by molar-refractivity contribution is -0.384. The number of hydrogen-bond acceptors (Lipinski definition) is 10. The summed E-state index contributed by atoms with van der Waals surface area (Å²) in [7, 11) is 0. The highest BCUT2D eigenvalue weighted by molar-refractivity contribution is 6.06. The summed E-state index contributed by atoms with van der Waals surface area (Å²) in [5.74, 6) is -1.32. The molecule has 2 aromatic carbocycles. The predicted octanol–water partition coefficient (Wildman–Crippen LogP) is 2.92. The molecule has 2 aliphatic rings. The van der Waals surface area contributed by atoms with Crippen molar-refractivity contribution in [2.75, 3.05) is 58.1 Å². The van der Waals surface area contributed by atoms with E-state index in [1.54, 1.807) is 0 Å². The van der Waals surface area contributed by atoms with E-state index in [0.717, 1.165) is 12.1 Å². The fourth-order valence-electron chi connectivity index (χ4n) is 4.66. The number of ether oxygens (including phenoxy) is 4. The first kappa shape index (κ1) is 32.6. The number of benzene rings is 2. The number of anilines is 1. The first-order valence-electron chi connectivity index (χ1n) is 13.8. The van der Waals surface area contributed by atoms with Crippen molar-refractivity contribution in [2.45, 2.75) is 31.6 Å². The molecule has 2 heterocycles. The van der Waals surface area contributed by atoms with Crippen LogP contribution >= 0.6 is 0 Å². The molecule has 0 aliphatic carbocycles. The summed E-state index contributed by atoms with van der Waals surface area (Å²) >= 11 is 0. The Balaban J connectivity index is 1.13. The van der Waals surface area contributed by atoms with Gasteiger partial charge in [-0.3, -0.25) is 29.8 Å². The number of carbonyl (C=O) groups excluding carboxylic acids is 3. The molecule has 3 amide bonds. The largest absolute Gasteiger partial charge is 0.491 e. The fraction of sp³-hybridized carbons (Fsp3) is 0.464. The van der Waals surface area contributed by atoms with E-state index in [1.165, 1.54) is 29.2 Å². The second-order valence-electron chi connectivity index (χ2n) is 9.81. The van der Waals surface area contributed by atoms with Crippen LogP contribution in [-0.4, -0.2) is 86.4 Å². The zero-order chi connectivity index (χ0) is 31.7. The Morgan fingerprint density at radius 3 is 2.20 bits per heavy atom. The number of nitrogens with zero attached hydrogens (tertiary/aromatic N) is 2. The minimum absolute atomic E-state index is 0.0253. The van der Waals surface area contributed by atoms with Gasteiger partial charge in [-0.05, 0) is 30.7 Å². The summed E-state index contributed by atoms with van der Waals surface area (Å²) in [6.45, 7) is 1.87. The molecule has 4 rings (SSSR count). The van der Waals surface area contributed by atoms with Gasteiger partial charge in [-0.15, -0.1) is 0 Å². The molecule has 1 saturated heterocycles. The van der Waals surface area contributed by atoms with Gasteiger partial charge in [0, 0.05) is 48.5 Å². The van der Waals surface area contributed by atoms with Crippen molar-refractivity contribution >= 4 is 29.1 Å². The van der Waals surface area contributed by atoms with Crippen LogP contribution in [0, 0.1) is 10.1 Å². The van der Waals surface area contributed by atoms with E-state index in [0.29, 0.717) is 31.1 Å². The third-order valence-corrected chi connectivity index (χ3v) is 6.83. The number of amides is 3. The van der Waals surface area contributed by atoms with Crippen molar-refractivity contribution in [3.63, 3.8) is 0 Å². The molecule has 0 saturated carbocycles. The van der Waals surface area contributed by atoms with Crippen LogP contribution in [0.3, 0.4) is 0 Å². The number of hydrogen-bond donors (Lipinski definition) is 2. The molecule has 2 aliphatic heterocycles. The van der Waals surface area contributed by atoms with Gasteiger partial charge >= 0.3 is 6.18 Å². The van der Waals surface area contributed by atoms with Crippen LogP contribution in [0.25, 0.3) is 0 Å². The Kier molecular flexibility index (Phi) is 11.1. The molecular weight excluding hydrogens is 593 g/mol. The number of piperidine rings is 1. The van der Waals surface area contributed by atoms with Crippen LogP contribution in [0.1, 0.15) is 34.3 Å². The molecule has 0 bridgehead atoms. The van der Waals surface area contributed by atoms with Crippen LogP contribution in [0.15, 0.2) is 36.4 Å². The second-order valence-corrected chi connectivity index (χ2v) is 9.81. The molecule has 0 radical (unpaired) electrons. The lowest BCUT2D eigenvalue weighted by Gasteiger charge is -2.29. The first-order chi connectivity index (χ1) is 21.0. The maximum absolute atomic E-state index is 13.6. The molecule has 0 aromatic heterocycles. The molecule has 238 valence electrons.